The Morgan fingerprint density at radius 1 is 1.07 bits per heavy atom. The summed E-state index contributed by atoms with van der Waals surface area (Å²) in [5.74, 6) is -0.484. The molecule has 1 fully saturated rings. The van der Waals surface area contributed by atoms with Crippen LogP contribution in [0.25, 0.3) is 6.08 Å². The van der Waals surface area contributed by atoms with Gasteiger partial charge >= 0.3 is 0 Å². The fourth-order valence-corrected chi connectivity index (χ4v) is 3.87. The number of halogens is 1. The summed E-state index contributed by atoms with van der Waals surface area (Å²) in [6, 6.07) is 16.9. The first kappa shape index (κ1) is 19.4. The van der Waals surface area contributed by atoms with E-state index >= 15 is 0 Å². The van der Waals surface area contributed by atoms with Gasteiger partial charge < -0.3 is 5.32 Å². The van der Waals surface area contributed by atoms with Crippen LogP contribution in [-0.4, -0.2) is 35.0 Å². The average Bonchev–Trinajstić information content (AvgIpc) is 2.92. The van der Waals surface area contributed by atoms with E-state index in [4.69, 9.17) is 0 Å². The molecule has 0 unspecified atom stereocenters. The van der Waals surface area contributed by atoms with Gasteiger partial charge in [-0.2, -0.15) is 0 Å². The Bertz CT molecular complexity index is 899. The maximum absolute atomic E-state index is 12.4. The molecule has 1 saturated heterocycles. The number of rotatable bonds is 6. The van der Waals surface area contributed by atoms with Crippen molar-refractivity contribution in [1.82, 2.24) is 10.2 Å². The molecule has 2 aromatic rings. The lowest BCUT2D eigenvalue weighted by Crippen LogP contribution is -2.37. The molecule has 0 atom stereocenters. The van der Waals surface area contributed by atoms with Crippen LogP contribution in [0.3, 0.4) is 0 Å². The van der Waals surface area contributed by atoms with Gasteiger partial charge in [-0.25, -0.2) is 0 Å². The second-order valence-corrected chi connectivity index (χ2v) is 7.71. The van der Waals surface area contributed by atoms with Gasteiger partial charge in [0.1, 0.15) is 0 Å². The minimum Gasteiger partial charge on any atom is -0.354 e. The Labute approximate surface area is 169 Å². The third-order valence-corrected chi connectivity index (χ3v) is 5.62. The number of benzene rings is 2. The standard InChI is InChI=1S/C20H17BrN2O3S/c21-16-9-5-4-8-15(16)13-18(24)22-10-11-23-19(25)17(27-20(23)26)12-14-6-2-1-3-7-14/h1-9,12H,10-11,13H2,(H,22,24)/b17-12+. The Morgan fingerprint density at radius 2 is 1.78 bits per heavy atom. The smallest absolute Gasteiger partial charge is 0.293 e. The van der Waals surface area contributed by atoms with Gasteiger partial charge in [0.15, 0.2) is 0 Å². The first-order valence-electron chi connectivity index (χ1n) is 8.35. The lowest BCUT2D eigenvalue weighted by atomic mass is 10.1. The van der Waals surface area contributed by atoms with Crippen LogP contribution in [0.4, 0.5) is 4.79 Å². The second-order valence-electron chi connectivity index (χ2n) is 5.86. The number of carbonyl (C=O) groups excluding carboxylic acids is 3. The average molecular weight is 445 g/mol. The Morgan fingerprint density at radius 3 is 2.52 bits per heavy atom. The van der Waals surface area contributed by atoms with E-state index in [9.17, 15) is 14.4 Å². The molecule has 5 nitrogen and oxygen atoms in total. The fourth-order valence-electron chi connectivity index (χ4n) is 2.58. The monoisotopic (exact) mass is 444 g/mol. The van der Waals surface area contributed by atoms with E-state index in [-0.39, 0.29) is 36.6 Å². The van der Waals surface area contributed by atoms with Crippen LogP contribution in [0, 0.1) is 0 Å². The number of carbonyl (C=O) groups is 3. The minimum atomic E-state index is -0.325. The summed E-state index contributed by atoms with van der Waals surface area (Å²) in [6.45, 7) is 0.373. The highest BCUT2D eigenvalue weighted by Gasteiger charge is 2.34. The quantitative estimate of drug-likeness (QED) is 0.687. The van der Waals surface area contributed by atoms with Crippen LogP contribution in [-0.2, 0) is 16.0 Å². The highest BCUT2D eigenvalue weighted by Crippen LogP contribution is 2.31. The number of amides is 3. The molecule has 138 valence electrons. The molecule has 0 spiro atoms. The highest BCUT2D eigenvalue weighted by atomic mass is 79.9. The summed E-state index contributed by atoms with van der Waals surface area (Å²) < 4.78 is 0.872. The van der Waals surface area contributed by atoms with Gasteiger partial charge in [-0.05, 0) is 35.0 Å². The fraction of sp³-hybridized carbons (Fsp3) is 0.150. The largest absolute Gasteiger partial charge is 0.354 e. The third-order valence-electron chi connectivity index (χ3n) is 3.94. The topological polar surface area (TPSA) is 66.5 Å². The Balaban J connectivity index is 1.53. The lowest BCUT2D eigenvalue weighted by molar-refractivity contribution is -0.124. The van der Waals surface area contributed by atoms with Crippen molar-refractivity contribution in [2.75, 3.05) is 13.1 Å². The van der Waals surface area contributed by atoms with E-state index in [1.165, 1.54) is 0 Å². The Hall–Kier alpha value is -2.38. The van der Waals surface area contributed by atoms with Gasteiger partial charge in [-0.3, -0.25) is 19.3 Å². The van der Waals surface area contributed by atoms with Gasteiger partial charge in [-0.1, -0.05) is 64.5 Å². The maximum Gasteiger partial charge on any atom is 0.293 e. The van der Waals surface area contributed by atoms with Crippen LogP contribution in [0.2, 0.25) is 0 Å². The molecule has 1 N–H and O–H groups in total. The zero-order valence-corrected chi connectivity index (χ0v) is 16.8. The van der Waals surface area contributed by atoms with Gasteiger partial charge in [-0.15, -0.1) is 0 Å². The van der Waals surface area contributed by atoms with E-state index in [0.29, 0.717) is 4.91 Å². The van der Waals surface area contributed by atoms with Crippen molar-refractivity contribution in [2.24, 2.45) is 0 Å². The zero-order chi connectivity index (χ0) is 19.2. The van der Waals surface area contributed by atoms with E-state index in [1.54, 1.807) is 6.08 Å². The molecule has 0 bridgehead atoms. The van der Waals surface area contributed by atoms with E-state index in [2.05, 4.69) is 21.2 Å². The van der Waals surface area contributed by atoms with Gasteiger partial charge in [0.25, 0.3) is 11.1 Å². The van der Waals surface area contributed by atoms with Crippen molar-refractivity contribution in [3.63, 3.8) is 0 Å². The summed E-state index contributed by atoms with van der Waals surface area (Å²) in [5.41, 5.74) is 1.75. The number of hydrogen-bond donors (Lipinski definition) is 1. The van der Waals surface area contributed by atoms with Gasteiger partial charge in [0.05, 0.1) is 11.3 Å². The van der Waals surface area contributed by atoms with E-state index < -0.39 is 0 Å². The molecule has 1 aliphatic rings. The van der Waals surface area contributed by atoms with Crippen LogP contribution in [0.1, 0.15) is 11.1 Å². The van der Waals surface area contributed by atoms with Crippen LogP contribution >= 0.6 is 27.7 Å². The summed E-state index contributed by atoms with van der Waals surface area (Å²) in [4.78, 5) is 38.2. The van der Waals surface area contributed by atoms with Crippen molar-refractivity contribution in [1.29, 1.82) is 0 Å². The third kappa shape index (κ3) is 5.08. The molecule has 2 aromatic carbocycles. The predicted molar refractivity (Wildman–Crippen MR) is 110 cm³/mol. The number of nitrogens with zero attached hydrogens (tertiary/aromatic N) is 1. The Kier molecular flexibility index (Phi) is 6.47. The normalized spacial score (nSPS) is 15.4. The molecule has 0 aliphatic carbocycles. The van der Waals surface area contributed by atoms with Crippen molar-refractivity contribution < 1.29 is 14.4 Å². The molecular weight excluding hydrogens is 428 g/mol. The number of hydrogen-bond acceptors (Lipinski definition) is 4. The molecule has 3 amide bonds. The summed E-state index contributed by atoms with van der Waals surface area (Å²) in [5, 5.41) is 2.44. The first-order chi connectivity index (χ1) is 13.0. The SMILES string of the molecule is O=C(Cc1ccccc1Br)NCCN1C(=O)S/C(=C/c2ccccc2)C1=O. The van der Waals surface area contributed by atoms with Crippen LogP contribution in [0.15, 0.2) is 64.0 Å². The first-order valence-corrected chi connectivity index (χ1v) is 9.96. The van der Waals surface area contributed by atoms with Crippen molar-refractivity contribution >= 4 is 50.8 Å². The van der Waals surface area contributed by atoms with Gasteiger partial charge in [0.2, 0.25) is 5.91 Å². The predicted octanol–water partition coefficient (Wildman–Crippen LogP) is 3.84. The molecule has 0 radical (unpaired) electrons. The van der Waals surface area contributed by atoms with Crippen molar-refractivity contribution in [3.8, 4) is 0 Å². The van der Waals surface area contributed by atoms with Crippen LogP contribution in [0.5, 0.6) is 0 Å². The van der Waals surface area contributed by atoms with Gasteiger partial charge in [0, 0.05) is 17.6 Å². The van der Waals surface area contributed by atoms with Crippen molar-refractivity contribution in [3.05, 3.63) is 75.1 Å². The summed E-state index contributed by atoms with van der Waals surface area (Å²) >= 11 is 4.33. The lowest BCUT2D eigenvalue weighted by Gasteiger charge is -2.13. The maximum atomic E-state index is 12.4. The molecule has 0 saturated carbocycles. The molecule has 7 heteroatoms. The molecule has 3 rings (SSSR count). The molecule has 1 heterocycles. The number of nitrogens with one attached hydrogen (secondary N) is 1. The summed E-state index contributed by atoms with van der Waals surface area (Å²) in [7, 11) is 0. The highest BCUT2D eigenvalue weighted by molar-refractivity contribution is 9.10. The molecule has 27 heavy (non-hydrogen) atoms. The minimum absolute atomic E-state index is 0.151. The molecule has 1 aliphatic heterocycles. The summed E-state index contributed by atoms with van der Waals surface area (Å²) in [6.07, 6.45) is 1.94. The number of thioether (sulfide) groups is 1. The van der Waals surface area contributed by atoms with Crippen molar-refractivity contribution in [2.45, 2.75) is 6.42 Å². The molecule has 0 aromatic heterocycles. The zero-order valence-electron chi connectivity index (χ0n) is 14.4. The number of imide groups is 1. The second kappa shape index (κ2) is 9.01. The van der Waals surface area contributed by atoms with E-state index in [1.807, 2.05) is 54.6 Å². The molecular formula is C20H17BrN2O3S. The van der Waals surface area contributed by atoms with Crippen LogP contribution < -0.4 is 5.32 Å². The van der Waals surface area contributed by atoms with E-state index in [0.717, 1.165) is 32.3 Å².